The van der Waals surface area contributed by atoms with Crippen molar-refractivity contribution in [3.8, 4) is 5.06 Å². The Morgan fingerprint density at radius 3 is 3.09 bits per heavy atom. The Bertz CT molecular complexity index is 282. The Morgan fingerprint density at radius 1 is 1.91 bits per heavy atom. The third-order valence-corrected chi connectivity index (χ3v) is 1.75. The number of nitrogens with zero attached hydrogens (tertiary/aromatic N) is 1. The number of rotatable bonds is 2. The summed E-state index contributed by atoms with van der Waals surface area (Å²) in [6.45, 7) is 3.50. The highest BCUT2D eigenvalue weighted by atomic mass is 32.1. The molecule has 2 N–H and O–H groups in total. The first-order valence-electron chi connectivity index (χ1n) is 2.78. The minimum absolute atomic E-state index is 0.382. The Morgan fingerprint density at radius 2 is 2.64 bits per heavy atom. The topological polar surface area (TPSA) is 65.2 Å². The molecule has 58 valence electrons. The first kappa shape index (κ1) is 7.74. The third kappa shape index (κ3) is 2.05. The van der Waals surface area contributed by atoms with Gasteiger partial charge in [-0.2, -0.15) is 0 Å². The summed E-state index contributed by atoms with van der Waals surface area (Å²) in [7, 11) is 0. The number of amides is 1. The number of hydrogen-bond donors (Lipinski definition) is 1. The van der Waals surface area contributed by atoms with Gasteiger partial charge in [-0.05, 0) is 6.08 Å². The highest BCUT2D eigenvalue weighted by molar-refractivity contribution is 7.14. The van der Waals surface area contributed by atoms with Gasteiger partial charge in [0, 0.05) is 0 Å². The van der Waals surface area contributed by atoms with Crippen molar-refractivity contribution >= 4 is 23.5 Å². The first-order valence-corrected chi connectivity index (χ1v) is 3.59. The summed E-state index contributed by atoms with van der Waals surface area (Å²) in [5.41, 5.74) is 4.77. The van der Waals surface area contributed by atoms with Crippen LogP contribution in [0.4, 0.5) is 4.79 Å². The normalized spacial score (nSPS) is 9.09. The lowest BCUT2D eigenvalue weighted by Crippen LogP contribution is -2.15. The van der Waals surface area contributed by atoms with Gasteiger partial charge in [0.1, 0.15) is 5.01 Å². The van der Waals surface area contributed by atoms with Crippen molar-refractivity contribution in [3.05, 3.63) is 17.8 Å². The van der Waals surface area contributed by atoms with Crippen LogP contribution in [0.1, 0.15) is 5.01 Å². The second kappa shape index (κ2) is 3.16. The van der Waals surface area contributed by atoms with E-state index in [4.69, 9.17) is 5.73 Å². The molecule has 0 aliphatic rings. The van der Waals surface area contributed by atoms with Crippen LogP contribution in [0.15, 0.2) is 12.8 Å². The molecule has 0 fully saturated rings. The van der Waals surface area contributed by atoms with Gasteiger partial charge in [-0.15, -0.1) is 0 Å². The third-order valence-electron chi connectivity index (χ3n) is 0.878. The van der Waals surface area contributed by atoms with Gasteiger partial charge in [0.25, 0.3) is 0 Å². The first-order chi connectivity index (χ1) is 5.22. The number of primary amides is 1. The number of carbonyl (C=O) groups excluding carboxylic acids is 1. The predicted octanol–water partition coefficient (Wildman–Crippen LogP) is 1.24. The van der Waals surface area contributed by atoms with Crippen molar-refractivity contribution in [3.63, 3.8) is 0 Å². The average Bonchev–Trinajstić information content (AvgIpc) is 2.34. The molecule has 0 saturated heterocycles. The van der Waals surface area contributed by atoms with E-state index in [0.29, 0.717) is 10.1 Å². The summed E-state index contributed by atoms with van der Waals surface area (Å²) in [6.07, 6.45) is 2.16. The van der Waals surface area contributed by atoms with E-state index in [0.717, 1.165) is 0 Å². The van der Waals surface area contributed by atoms with Crippen LogP contribution in [0.2, 0.25) is 0 Å². The number of nitrogens with two attached hydrogens (primary N) is 1. The zero-order chi connectivity index (χ0) is 8.27. The van der Waals surface area contributed by atoms with E-state index in [2.05, 4.69) is 16.3 Å². The highest BCUT2D eigenvalue weighted by Crippen LogP contribution is 2.21. The summed E-state index contributed by atoms with van der Waals surface area (Å²) in [5, 5.41) is 1.08. The maximum atomic E-state index is 10.2. The fourth-order valence-corrected chi connectivity index (χ4v) is 1.14. The van der Waals surface area contributed by atoms with Crippen molar-refractivity contribution < 1.29 is 9.53 Å². The van der Waals surface area contributed by atoms with Crippen LogP contribution >= 0.6 is 11.3 Å². The summed E-state index contributed by atoms with van der Waals surface area (Å²) in [5.74, 6) is 0. The Hall–Kier alpha value is -1.36. The van der Waals surface area contributed by atoms with E-state index in [1.54, 1.807) is 6.08 Å². The van der Waals surface area contributed by atoms with Gasteiger partial charge < -0.3 is 10.5 Å². The lowest BCUT2D eigenvalue weighted by Gasteiger charge is -1.90. The fraction of sp³-hybridized carbons (Fsp3) is 0. The van der Waals surface area contributed by atoms with Crippen LogP contribution in [0, 0.1) is 0 Å². The Labute approximate surface area is 67.3 Å². The van der Waals surface area contributed by atoms with Crippen molar-refractivity contribution in [2.75, 3.05) is 0 Å². The van der Waals surface area contributed by atoms with Crippen molar-refractivity contribution in [2.45, 2.75) is 0 Å². The van der Waals surface area contributed by atoms with Gasteiger partial charge in [-0.3, -0.25) is 0 Å². The largest absolute Gasteiger partial charge is 0.410 e. The lowest BCUT2D eigenvalue weighted by molar-refractivity contribution is 0.212. The molecule has 0 bridgehead atoms. The quantitative estimate of drug-likeness (QED) is 0.726. The molecule has 0 aliphatic heterocycles. The number of aromatic nitrogens is 1. The Balaban J connectivity index is 2.72. The molecule has 5 heteroatoms. The summed E-state index contributed by atoms with van der Waals surface area (Å²) in [4.78, 5) is 14.1. The molecule has 1 rings (SSSR count). The second-order valence-electron chi connectivity index (χ2n) is 1.64. The fourth-order valence-electron chi connectivity index (χ4n) is 0.513. The summed E-state index contributed by atoms with van der Waals surface area (Å²) >= 11 is 1.21. The average molecular weight is 170 g/mol. The van der Waals surface area contributed by atoms with Crippen LogP contribution in [-0.2, 0) is 0 Å². The lowest BCUT2D eigenvalue weighted by atomic mass is 10.7. The minimum atomic E-state index is -0.829. The van der Waals surface area contributed by atoms with E-state index in [9.17, 15) is 4.79 Å². The van der Waals surface area contributed by atoms with E-state index in [-0.39, 0.29) is 0 Å². The molecule has 1 heterocycles. The maximum Gasteiger partial charge on any atom is 0.410 e. The molecule has 0 aromatic carbocycles. The smallest absolute Gasteiger partial charge is 0.398 e. The highest BCUT2D eigenvalue weighted by Gasteiger charge is 2.01. The molecule has 0 unspecified atom stereocenters. The van der Waals surface area contributed by atoms with Gasteiger partial charge >= 0.3 is 6.09 Å². The van der Waals surface area contributed by atoms with Gasteiger partial charge in [0.2, 0.25) is 5.06 Å². The van der Waals surface area contributed by atoms with Crippen molar-refractivity contribution in [2.24, 2.45) is 5.73 Å². The van der Waals surface area contributed by atoms with Gasteiger partial charge in [-0.1, -0.05) is 17.9 Å². The Kier molecular flexibility index (Phi) is 2.22. The number of ether oxygens (including phenoxy) is 1. The molecular formula is C6H6N2O2S. The molecule has 4 nitrogen and oxygen atoms in total. The predicted molar refractivity (Wildman–Crippen MR) is 42.4 cm³/mol. The molecule has 0 aliphatic carbocycles. The molecular weight excluding hydrogens is 164 g/mol. The van der Waals surface area contributed by atoms with Gasteiger partial charge in [-0.25, -0.2) is 9.78 Å². The van der Waals surface area contributed by atoms with E-state index >= 15 is 0 Å². The molecule has 11 heavy (non-hydrogen) atoms. The molecule has 0 radical (unpaired) electrons. The van der Waals surface area contributed by atoms with E-state index < -0.39 is 6.09 Å². The molecule has 0 spiro atoms. The monoisotopic (exact) mass is 170 g/mol. The van der Waals surface area contributed by atoms with Crippen LogP contribution in [0.5, 0.6) is 5.06 Å². The van der Waals surface area contributed by atoms with Crippen LogP contribution in [-0.4, -0.2) is 11.1 Å². The van der Waals surface area contributed by atoms with Crippen LogP contribution < -0.4 is 10.5 Å². The van der Waals surface area contributed by atoms with Crippen LogP contribution in [0.25, 0.3) is 6.08 Å². The van der Waals surface area contributed by atoms with Gasteiger partial charge in [0.15, 0.2) is 0 Å². The molecule has 0 atom stereocenters. The van der Waals surface area contributed by atoms with E-state index in [1.807, 2.05) is 0 Å². The summed E-state index contributed by atoms with van der Waals surface area (Å²) in [6, 6.07) is 0. The molecule has 1 aromatic rings. The molecule has 1 aromatic heterocycles. The second-order valence-corrected chi connectivity index (χ2v) is 2.67. The minimum Gasteiger partial charge on any atom is -0.398 e. The number of hydrogen-bond acceptors (Lipinski definition) is 4. The van der Waals surface area contributed by atoms with Crippen molar-refractivity contribution in [1.82, 2.24) is 4.98 Å². The van der Waals surface area contributed by atoms with Gasteiger partial charge in [0.05, 0.1) is 6.20 Å². The SMILES string of the molecule is C=Cc1ncc(OC(N)=O)s1. The standard InChI is InChI=1S/C6H6N2O2S/c1-2-4-8-3-5(11-4)10-6(7)9/h2-3H,1H2,(H2,7,9). The molecule has 1 amide bonds. The zero-order valence-corrected chi connectivity index (χ0v) is 6.43. The summed E-state index contributed by atoms with van der Waals surface area (Å²) < 4.78 is 4.54. The number of carbonyl (C=O) groups is 1. The van der Waals surface area contributed by atoms with Crippen molar-refractivity contribution in [1.29, 1.82) is 0 Å². The molecule has 0 saturated carbocycles. The van der Waals surface area contributed by atoms with E-state index in [1.165, 1.54) is 17.5 Å². The zero-order valence-electron chi connectivity index (χ0n) is 5.61. The van der Waals surface area contributed by atoms with Crippen LogP contribution in [0.3, 0.4) is 0 Å². The number of thiazole rings is 1. The maximum absolute atomic E-state index is 10.2.